The molecule has 1 nitrogen and oxygen atoms in total. The summed E-state index contributed by atoms with van der Waals surface area (Å²) in [5.74, 6) is 3.29. The van der Waals surface area contributed by atoms with E-state index in [0.29, 0.717) is 16.7 Å². The average molecular weight is 180 g/mol. The highest BCUT2D eigenvalue weighted by Crippen LogP contribution is 2.91. The van der Waals surface area contributed by atoms with Crippen molar-refractivity contribution in [3.8, 4) is 0 Å². The first-order chi connectivity index (χ1) is 5.94. The summed E-state index contributed by atoms with van der Waals surface area (Å²) in [6, 6.07) is 0. The molecule has 3 fully saturated rings. The van der Waals surface area contributed by atoms with Gasteiger partial charge in [0.1, 0.15) is 0 Å². The molecule has 1 heteroatoms. The summed E-state index contributed by atoms with van der Waals surface area (Å²) >= 11 is 0. The highest BCUT2D eigenvalue weighted by atomic mass is 16.3. The Morgan fingerprint density at radius 1 is 1.15 bits per heavy atom. The largest absolute Gasteiger partial charge is 0.393 e. The number of aliphatic hydroxyl groups is 1. The summed E-state index contributed by atoms with van der Waals surface area (Å²) in [5, 5.41) is 9.99. The van der Waals surface area contributed by atoms with Crippen LogP contribution < -0.4 is 0 Å². The van der Waals surface area contributed by atoms with Gasteiger partial charge >= 0.3 is 0 Å². The molecule has 0 aromatic carbocycles. The Bertz CT molecular complexity index is 268. The van der Waals surface area contributed by atoms with Gasteiger partial charge in [0.05, 0.1) is 6.10 Å². The zero-order valence-electron chi connectivity index (χ0n) is 9.04. The van der Waals surface area contributed by atoms with Crippen LogP contribution >= 0.6 is 0 Å². The molecule has 1 spiro atoms. The van der Waals surface area contributed by atoms with E-state index in [1.807, 2.05) is 0 Å². The standard InChI is InChI=1S/C12H20O/c1-6-9-10-8(13)5-11(3,4)7(2)12(6,9)10/h6-10,13H,5H2,1-4H3/t6-,7?,8-,9?,10+,12?/m0/s1. The van der Waals surface area contributed by atoms with Crippen molar-refractivity contribution in [3.63, 3.8) is 0 Å². The lowest BCUT2D eigenvalue weighted by Crippen LogP contribution is -2.41. The van der Waals surface area contributed by atoms with Crippen LogP contribution in [0.4, 0.5) is 0 Å². The van der Waals surface area contributed by atoms with E-state index in [2.05, 4.69) is 27.7 Å². The van der Waals surface area contributed by atoms with Crippen LogP contribution in [0.15, 0.2) is 0 Å². The second-order valence-electron chi connectivity index (χ2n) is 6.32. The van der Waals surface area contributed by atoms with E-state index >= 15 is 0 Å². The summed E-state index contributed by atoms with van der Waals surface area (Å²) in [6.45, 7) is 9.42. The molecule has 0 aromatic rings. The Morgan fingerprint density at radius 2 is 1.77 bits per heavy atom. The molecule has 13 heavy (non-hydrogen) atoms. The normalized spacial score (nSPS) is 66.7. The van der Waals surface area contributed by atoms with E-state index in [0.717, 1.165) is 24.2 Å². The fourth-order valence-electron chi connectivity index (χ4n) is 4.69. The van der Waals surface area contributed by atoms with Crippen molar-refractivity contribution < 1.29 is 5.11 Å². The van der Waals surface area contributed by atoms with Crippen LogP contribution in [0, 0.1) is 34.5 Å². The van der Waals surface area contributed by atoms with Crippen LogP contribution in [-0.4, -0.2) is 11.2 Å². The molecular formula is C12H20O. The summed E-state index contributed by atoms with van der Waals surface area (Å²) in [4.78, 5) is 0. The predicted octanol–water partition coefficient (Wildman–Crippen LogP) is 2.30. The van der Waals surface area contributed by atoms with Gasteiger partial charge < -0.3 is 5.11 Å². The van der Waals surface area contributed by atoms with E-state index in [1.165, 1.54) is 0 Å². The van der Waals surface area contributed by atoms with Crippen LogP contribution in [0.25, 0.3) is 0 Å². The molecule has 3 saturated carbocycles. The lowest BCUT2D eigenvalue weighted by atomic mass is 9.62. The van der Waals surface area contributed by atoms with Gasteiger partial charge in [-0.1, -0.05) is 27.7 Å². The van der Waals surface area contributed by atoms with Gasteiger partial charge in [0.25, 0.3) is 0 Å². The average Bonchev–Trinajstić information content (AvgIpc) is 2.83. The molecule has 3 rings (SSSR count). The minimum absolute atomic E-state index is 0.00685. The van der Waals surface area contributed by atoms with E-state index in [4.69, 9.17) is 0 Å². The molecule has 3 aliphatic rings. The smallest absolute Gasteiger partial charge is 0.0582 e. The van der Waals surface area contributed by atoms with E-state index in [-0.39, 0.29) is 6.10 Å². The number of rotatable bonds is 0. The van der Waals surface area contributed by atoms with Gasteiger partial charge in [-0.15, -0.1) is 0 Å². The molecule has 0 saturated heterocycles. The Labute approximate surface area is 80.5 Å². The fourth-order valence-corrected chi connectivity index (χ4v) is 4.69. The number of hydrogen-bond donors (Lipinski definition) is 1. The number of aliphatic hydroxyl groups excluding tert-OH is 1. The monoisotopic (exact) mass is 180 g/mol. The third-order valence-corrected chi connectivity index (χ3v) is 5.72. The topological polar surface area (TPSA) is 20.2 Å². The second kappa shape index (κ2) is 1.84. The number of fused-ring (bicyclic) bond motifs is 1. The molecule has 0 bridgehead atoms. The zero-order chi connectivity index (χ0) is 9.59. The van der Waals surface area contributed by atoms with Crippen molar-refractivity contribution in [2.75, 3.05) is 0 Å². The van der Waals surface area contributed by atoms with Crippen molar-refractivity contribution in [2.24, 2.45) is 34.5 Å². The van der Waals surface area contributed by atoms with Gasteiger partial charge in [0.2, 0.25) is 0 Å². The lowest BCUT2D eigenvalue weighted by molar-refractivity contribution is -0.0279. The Balaban J connectivity index is 1.95. The summed E-state index contributed by atoms with van der Waals surface area (Å²) < 4.78 is 0. The minimum atomic E-state index is 0.00685. The van der Waals surface area contributed by atoms with Crippen LogP contribution in [0.1, 0.15) is 34.1 Å². The van der Waals surface area contributed by atoms with Crippen molar-refractivity contribution in [3.05, 3.63) is 0 Å². The van der Waals surface area contributed by atoms with Crippen molar-refractivity contribution >= 4 is 0 Å². The Kier molecular flexibility index (Phi) is 1.17. The van der Waals surface area contributed by atoms with Crippen LogP contribution in [0.2, 0.25) is 0 Å². The van der Waals surface area contributed by atoms with Crippen LogP contribution in [-0.2, 0) is 0 Å². The van der Waals surface area contributed by atoms with E-state index in [1.54, 1.807) is 0 Å². The molecule has 0 amide bonds. The molecule has 1 N–H and O–H groups in total. The fraction of sp³-hybridized carbons (Fsp3) is 1.00. The molecule has 0 aliphatic heterocycles. The van der Waals surface area contributed by atoms with Gasteiger partial charge in [-0.2, -0.15) is 0 Å². The highest BCUT2D eigenvalue weighted by Gasteiger charge is 2.89. The van der Waals surface area contributed by atoms with Gasteiger partial charge in [0, 0.05) is 0 Å². The molecular weight excluding hydrogens is 160 g/mol. The molecule has 0 heterocycles. The van der Waals surface area contributed by atoms with Crippen molar-refractivity contribution in [2.45, 2.75) is 40.2 Å². The van der Waals surface area contributed by atoms with E-state index in [9.17, 15) is 5.11 Å². The Morgan fingerprint density at radius 3 is 2.31 bits per heavy atom. The third kappa shape index (κ3) is 0.643. The first-order valence-corrected chi connectivity index (χ1v) is 5.62. The van der Waals surface area contributed by atoms with Gasteiger partial charge in [0.15, 0.2) is 0 Å². The van der Waals surface area contributed by atoms with Crippen LogP contribution in [0.5, 0.6) is 0 Å². The quantitative estimate of drug-likeness (QED) is 0.606. The number of hydrogen-bond acceptors (Lipinski definition) is 1. The minimum Gasteiger partial charge on any atom is -0.393 e. The van der Waals surface area contributed by atoms with E-state index < -0.39 is 0 Å². The summed E-state index contributed by atoms with van der Waals surface area (Å²) in [5.41, 5.74) is 0.941. The molecule has 6 atom stereocenters. The zero-order valence-corrected chi connectivity index (χ0v) is 9.04. The SMILES string of the molecule is CC1C(C)(C)C[C@H](O)[C@@H]2C3[C@H](C)C312. The predicted molar refractivity (Wildman–Crippen MR) is 52.1 cm³/mol. The maximum absolute atomic E-state index is 9.99. The molecule has 3 unspecified atom stereocenters. The second-order valence-corrected chi connectivity index (χ2v) is 6.32. The highest BCUT2D eigenvalue weighted by molar-refractivity contribution is 5.36. The first-order valence-electron chi connectivity index (χ1n) is 5.62. The maximum atomic E-state index is 9.99. The molecule has 3 aliphatic carbocycles. The van der Waals surface area contributed by atoms with Crippen molar-refractivity contribution in [1.82, 2.24) is 0 Å². The molecule has 0 aromatic heterocycles. The third-order valence-electron chi connectivity index (χ3n) is 5.72. The summed E-state index contributed by atoms with van der Waals surface area (Å²) in [6.07, 6.45) is 1.02. The molecule has 0 radical (unpaired) electrons. The molecule has 74 valence electrons. The van der Waals surface area contributed by atoms with Gasteiger partial charge in [-0.3, -0.25) is 0 Å². The maximum Gasteiger partial charge on any atom is 0.0582 e. The summed E-state index contributed by atoms with van der Waals surface area (Å²) in [7, 11) is 0. The Hall–Kier alpha value is -0.0400. The first kappa shape index (κ1) is 8.28. The van der Waals surface area contributed by atoms with Gasteiger partial charge in [-0.05, 0) is 40.9 Å². The lowest BCUT2D eigenvalue weighted by Gasteiger charge is -2.44. The van der Waals surface area contributed by atoms with Crippen LogP contribution in [0.3, 0.4) is 0 Å². The van der Waals surface area contributed by atoms with Crippen molar-refractivity contribution in [1.29, 1.82) is 0 Å². The van der Waals surface area contributed by atoms with Gasteiger partial charge in [-0.25, -0.2) is 0 Å².